The fraction of sp³-hybridized carbons (Fsp3) is 0.714. The minimum atomic E-state index is -1.22. The minimum absolute atomic E-state index is 0.159. The molecule has 1 atom stereocenters. The van der Waals surface area contributed by atoms with E-state index in [-0.39, 0.29) is 11.8 Å². The summed E-state index contributed by atoms with van der Waals surface area (Å²) in [5.74, 6) is -1.70. The Morgan fingerprint density at radius 2 is 2.15 bits per heavy atom. The second-order valence-electron chi connectivity index (χ2n) is 2.94. The molecule has 6 nitrogen and oxygen atoms in total. The molecular formula is C7H12N2O4. The number of hydrogen-bond acceptors (Lipinski definition) is 4. The second kappa shape index (κ2) is 4.20. The van der Waals surface area contributed by atoms with E-state index < -0.39 is 18.6 Å². The lowest BCUT2D eigenvalue weighted by Gasteiger charge is -2.26. The van der Waals surface area contributed by atoms with Crippen LogP contribution >= 0.6 is 0 Å². The molecule has 0 bridgehead atoms. The third kappa shape index (κ3) is 2.40. The number of carboxylic acids is 1. The Morgan fingerprint density at radius 3 is 2.46 bits per heavy atom. The Bertz CT molecular complexity index is 215. The summed E-state index contributed by atoms with van der Waals surface area (Å²) in [6.07, 6.45) is 0. The van der Waals surface area contributed by atoms with Crippen LogP contribution in [0.15, 0.2) is 0 Å². The smallest absolute Gasteiger partial charge is 0.328 e. The molecule has 4 N–H and O–H groups in total. The van der Waals surface area contributed by atoms with Gasteiger partial charge in [0.15, 0.2) is 0 Å². The van der Waals surface area contributed by atoms with Gasteiger partial charge in [-0.25, -0.2) is 4.79 Å². The highest BCUT2D eigenvalue weighted by Crippen LogP contribution is 2.02. The van der Waals surface area contributed by atoms with Crippen molar-refractivity contribution in [3.8, 4) is 0 Å². The van der Waals surface area contributed by atoms with Crippen LogP contribution < -0.4 is 10.6 Å². The summed E-state index contributed by atoms with van der Waals surface area (Å²) < 4.78 is 0. The number of amides is 1. The Morgan fingerprint density at radius 1 is 1.54 bits per heavy atom. The molecule has 0 unspecified atom stereocenters. The van der Waals surface area contributed by atoms with Crippen molar-refractivity contribution in [3.63, 3.8) is 0 Å². The zero-order valence-electron chi connectivity index (χ0n) is 6.99. The predicted molar refractivity (Wildman–Crippen MR) is 43.0 cm³/mol. The third-order valence-electron chi connectivity index (χ3n) is 1.95. The van der Waals surface area contributed by atoms with E-state index in [0.717, 1.165) is 0 Å². The zero-order valence-corrected chi connectivity index (χ0v) is 6.99. The lowest BCUT2D eigenvalue weighted by molar-refractivity contribution is -0.143. The second-order valence-corrected chi connectivity index (χ2v) is 2.94. The molecule has 0 spiro atoms. The highest BCUT2D eigenvalue weighted by molar-refractivity contribution is 5.85. The Labute approximate surface area is 74.9 Å². The maximum atomic E-state index is 11.2. The van der Waals surface area contributed by atoms with Gasteiger partial charge in [-0.15, -0.1) is 0 Å². The molecule has 1 amide bonds. The van der Waals surface area contributed by atoms with Crippen molar-refractivity contribution in [1.29, 1.82) is 0 Å². The SMILES string of the molecule is O=C(N[C@@H](CO)C(=O)O)C1CNC1. The van der Waals surface area contributed by atoms with Crippen molar-refractivity contribution in [2.75, 3.05) is 19.7 Å². The van der Waals surface area contributed by atoms with Crippen molar-refractivity contribution < 1.29 is 19.8 Å². The molecule has 0 aliphatic carbocycles. The van der Waals surface area contributed by atoms with Crippen molar-refractivity contribution in [3.05, 3.63) is 0 Å². The molecule has 74 valence electrons. The number of aliphatic carboxylic acids is 1. The van der Waals surface area contributed by atoms with Crippen molar-refractivity contribution in [2.45, 2.75) is 6.04 Å². The van der Waals surface area contributed by atoms with Crippen LogP contribution in [0.2, 0.25) is 0 Å². The van der Waals surface area contributed by atoms with Gasteiger partial charge in [-0.05, 0) is 0 Å². The molecule has 1 heterocycles. The van der Waals surface area contributed by atoms with E-state index in [9.17, 15) is 9.59 Å². The zero-order chi connectivity index (χ0) is 9.84. The van der Waals surface area contributed by atoms with E-state index in [1.165, 1.54) is 0 Å². The van der Waals surface area contributed by atoms with Crippen LogP contribution in [0.3, 0.4) is 0 Å². The number of aliphatic hydroxyl groups excluding tert-OH is 1. The van der Waals surface area contributed by atoms with Gasteiger partial charge in [0, 0.05) is 13.1 Å². The summed E-state index contributed by atoms with van der Waals surface area (Å²) in [4.78, 5) is 21.6. The summed E-state index contributed by atoms with van der Waals surface area (Å²) >= 11 is 0. The molecule has 0 radical (unpaired) electrons. The van der Waals surface area contributed by atoms with Crippen LogP contribution in [0.5, 0.6) is 0 Å². The van der Waals surface area contributed by atoms with Crippen molar-refractivity contribution in [2.24, 2.45) is 5.92 Å². The van der Waals surface area contributed by atoms with E-state index in [1.807, 2.05) is 0 Å². The summed E-state index contributed by atoms with van der Waals surface area (Å²) in [5, 5.41) is 22.2. The Hall–Kier alpha value is -1.14. The lowest BCUT2D eigenvalue weighted by Crippen LogP contribution is -2.54. The van der Waals surface area contributed by atoms with Gasteiger partial charge >= 0.3 is 5.97 Å². The van der Waals surface area contributed by atoms with Gasteiger partial charge in [0.2, 0.25) is 5.91 Å². The van der Waals surface area contributed by atoms with E-state index in [4.69, 9.17) is 10.2 Å². The maximum absolute atomic E-state index is 11.2. The first-order chi connectivity index (χ1) is 6.15. The fourth-order valence-electron chi connectivity index (χ4n) is 0.949. The van der Waals surface area contributed by atoms with Gasteiger partial charge < -0.3 is 20.8 Å². The van der Waals surface area contributed by atoms with Crippen molar-refractivity contribution >= 4 is 11.9 Å². The molecule has 13 heavy (non-hydrogen) atoms. The normalized spacial score (nSPS) is 18.8. The molecule has 0 aromatic carbocycles. The molecule has 1 fully saturated rings. The Kier molecular flexibility index (Phi) is 3.21. The summed E-state index contributed by atoms with van der Waals surface area (Å²) in [7, 11) is 0. The van der Waals surface area contributed by atoms with Gasteiger partial charge in [0.1, 0.15) is 6.04 Å². The molecule has 1 saturated heterocycles. The Balaban J connectivity index is 2.36. The minimum Gasteiger partial charge on any atom is -0.480 e. The molecule has 0 saturated carbocycles. The average Bonchev–Trinajstić information content (AvgIpc) is 1.96. The first-order valence-electron chi connectivity index (χ1n) is 4.00. The first kappa shape index (κ1) is 9.94. The largest absolute Gasteiger partial charge is 0.480 e. The van der Waals surface area contributed by atoms with E-state index in [2.05, 4.69) is 10.6 Å². The van der Waals surface area contributed by atoms with Crippen molar-refractivity contribution in [1.82, 2.24) is 10.6 Å². The number of carbonyl (C=O) groups excluding carboxylic acids is 1. The van der Waals surface area contributed by atoms with Crippen LogP contribution in [0.4, 0.5) is 0 Å². The maximum Gasteiger partial charge on any atom is 0.328 e. The number of carbonyl (C=O) groups is 2. The molecule has 0 aromatic heterocycles. The number of nitrogens with one attached hydrogen (secondary N) is 2. The van der Waals surface area contributed by atoms with Crippen LogP contribution in [0.1, 0.15) is 0 Å². The highest BCUT2D eigenvalue weighted by atomic mass is 16.4. The topological polar surface area (TPSA) is 98.7 Å². The quantitative estimate of drug-likeness (QED) is 0.400. The van der Waals surface area contributed by atoms with Gasteiger partial charge in [0.25, 0.3) is 0 Å². The standard InChI is InChI=1S/C7H12N2O4/c10-3-5(7(12)13)9-6(11)4-1-8-2-4/h4-5,8,10H,1-3H2,(H,9,11)(H,12,13)/t5-/m0/s1. The number of hydrogen-bond donors (Lipinski definition) is 4. The molecular weight excluding hydrogens is 176 g/mol. The van der Waals surface area contributed by atoms with E-state index >= 15 is 0 Å². The summed E-state index contributed by atoms with van der Waals surface area (Å²) in [6.45, 7) is 0.564. The molecule has 0 aromatic rings. The summed E-state index contributed by atoms with van der Waals surface area (Å²) in [6, 6.07) is -1.19. The predicted octanol–water partition coefficient (Wildman–Crippen LogP) is -2.23. The molecule has 1 rings (SSSR count). The van der Waals surface area contributed by atoms with E-state index in [1.54, 1.807) is 0 Å². The average molecular weight is 188 g/mol. The lowest BCUT2D eigenvalue weighted by atomic mass is 10.0. The first-order valence-corrected chi connectivity index (χ1v) is 4.00. The summed E-state index contributed by atoms with van der Waals surface area (Å²) in [5.41, 5.74) is 0. The van der Waals surface area contributed by atoms with Gasteiger partial charge in [-0.3, -0.25) is 4.79 Å². The van der Waals surface area contributed by atoms with Crippen LogP contribution in [-0.4, -0.2) is 47.8 Å². The van der Waals surface area contributed by atoms with E-state index in [0.29, 0.717) is 13.1 Å². The van der Waals surface area contributed by atoms with Gasteiger partial charge in [-0.2, -0.15) is 0 Å². The van der Waals surface area contributed by atoms with Crippen LogP contribution in [0.25, 0.3) is 0 Å². The third-order valence-corrected chi connectivity index (χ3v) is 1.95. The number of carboxylic acid groups (broad SMARTS) is 1. The van der Waals surface area contributed by atoms with Crippen LogP contribution in [0, 0.1) is 5.92 Å². The number of rotatable bonds is 4. The molecule has 1 aliphatic heterocycles. The number of aliphatic hydroxyl groups is 1. The van der Waals surface area contributed by atoms with Gasteiger partial charge in [0.05, 0.1) is 12.5 Å². The monoisotopic (exact) mass is 188 g/mol. The van der Waals surface area contributed by atoms with Gasteiger partial charge in [-0.1, -0.05) is 0 Å². The fourth-order valence-corrected chi connectivity index (χ4v) is 0.949. The molecule has 1 aliphatic rings. The van der Waals surface area contributed by atoms with Crippen LogP contribution in [-0.2, 0) is 9.59 Å². The molecule has 6 heteroatoms. The highest BCUT2D eigenvalue weighted by Gasteiger charge is 2.28.